The van der Waals surface area contributed by atoms with Gasteiger partial charge in [0, 0.05) is 83.3 Å². The molecule has 198 valence electrons. The van der Waals surface area contributed by atoms with E-state index < -0.39 is 9.84 Å². The average Bonchev–Trinajstić information content (AvgIpc) is 3.16. The van der Waals surface area contributed by atoms with E-state index in [1.54, 1.807) is 11.6 Å². The summed E-state index contributed by atoms with van der Waals surface area (Å²) in [5, 5.41) is 1.54. The summed E-state index contributed by atoms with van der Waals surface area (Å²) in [5.41, 5.74) is 6.95. The van der Waals surface area contributed by atoms with Gasteiger partial charge in [0.25, 0.3) is 5.56 Å². The molecular weight excluding hydrogens is 524 g/mol. The Kier molecular flexibility index (Phi) is 6.34. The van der Waals surface area contributed by atoms with E-state index >= 15 is 0 Å². The summed E-state index contributed by atoms with van der Waals surface area (Å²) in [5.74, 6) is -0.0571. The van der Waals surface area contributed by atoms with Crippen LogP contribution in [0.4, 0.5) is 11.4 Å². The molecule has 1 N–H and O–H groups in total. The molecule has 0 bridgehead atoms. The van der Waals surface area contributed by atoms with E-state index in [-0.39, 0.29) is 11.3 Å². The van der Waals surface area contributed by atoms with Crippen molar-refractivity contribution < 1.29 is 13.2 Å². The van der Waals surface area contributed by atoms with Crippen LogP contribution in [-0.2, 0) is 40.5 Å². The molecule has 0 aliphatic carbocycles. The molecular formula is C28H29ClN4O4S. The number of nitrogens with one attached hydrogen (secondary N) is 1. The molecule has 0 saturated carbocycles. The van der Waals surface area contributed by atoms with Crippen molar-refractivity contribution in [3.05, 3.63) is 80.9 Å². The summed E-state index contributed by atoms with van der Waals surface area (Å²) in [6.07, 6.45) is 3.11. The molecule has 2 aliphatic heterocycles. The summed E-state index contributed by atoms with van der Waals surface area (Å²) >= 11 is 6.22. The van der Waals surface area contributed by atoms with Crippen LogP contribution in [0.15, 0.2) is 53.5 Å². The number of H-pyrrole nitrogens is 1. The van der Waals surface area contributed by atoms with Crippen LogP contribution in [0.5, 0.6) is 0 Å². The minimum absolute atomic E-state index is 0.0571. The lowest BCUT2D eigenvalue weighted by Gasteiger charge is -2.28. The zero-order valence-electron chi connectivity index (χ0n) is 21.3. The van der Waals surface area contributed by atoms with Crippen molar-refractivity contribution in [2.75, 3.05) is 37.5 Å². The first-order valence-electron chi connectivity index (χ1n) is 12.6. The number of benzene rings is 2. The van der Waals surface area contributed by atoms with Gasteiger partial charge in [-0.25, -0.2) is 8.42 Å². The third-order valence-corrected chi connectivity index (χ3v) is 8.44. The highest BCUT2D eigenvalue weighted by Crippen LogP contribution is 2.45. The number of pyridine rings is 1. The Labute approximate surface area is 226 Å². The van der Waals surface area contributed by atoms with Gasteiger partial charge in [-0.2, -0.15) is 0 Å². The lowest BCUT2D eigenvalue weighted by molar-refractivity contribution is 0.0336. The maximum atomic E-state index is 13.3. The molecule has 4 heterocycles. The van der Waals surface area contributed by atoms with Gasteiger partial charge >= 0.3 is 0 Å². The Balaban J connectivity index is 1.61. The SMILES string of the molecule is Cn1cc2c3c(c(CN4CCOCC4)[nH]c3c1=O)CN(c1ccc(Cl)cc1)c1ccc(CS(C)(=O)=O)cc1-2. The average molecular weight is 553 g/mol. The summed E-state index contributed by atoms with van der Waals surface area (Å²) in [6.45, 7) is 4.26. The Morgan fingerprint density at radius 2 is 1.79 bits per heavy atom. The van der Waals surface area contributed by atoms with E-state index in [0.29, 0.717) is 42.4 Å². The van der Waals surface area contributed by atoms with E-state index in [4.69, 9.17) is 16.3 Å². The van der Waals surface area contributed by atoms with Gasteiger partial charge in [0.2, 0.25) is 0 Å². The molecule has 0 unspecified atom stereocenters. The lowest BCUT2D eigenvalue weighted by atomic mass is 9.99. The number of aromatic nitrogens is 2. The van der Waals surface area contributed by atoms with Crippen LogP contribution < -0.4 is 10.5 Å². The van der Waals surface area contributed by atoms with Crippen molar-refractivity contribution in [2.45, 2.75) is 18.8 Å². The maximum absolute atomic E-state index is 13.3. The van der Waals surface area contributed by atoms with Crippen LogP contribution in [0.1, 0.15) is 16.8 Å². The number of nitrogens with zero attached hydrogens (tertiary/aromatic N) is 3. The van der Waals surface area contributed by atoms with E-state index in [1.165, 1.54) is 6.26 Å². The van der Waals surface area contributed by atoms with Gasteiger partial charge in [-0.1, -0.05) is 17.7 Å². The fourth-order valence-corrected chi connectivity index (χ4v) is 6.47. The van der Waals surface area contributed by atoms with Crippen molar-refractivity contribution in [3.8, 4) is 11.1 Å². The first kappa shape index (κ1) is 25.2. The minimum Gasteiger partial charge on any atom is -0.379 e. The molecule has 6 rings (SSSR count). The van der Waals surface area contributed by atoms with Crippen molar-refractivity contribution >= 4 is 43.7 Å². The Morgan fingerprint density at radius 1 is 1.05 bits per heavy atom. The number of morpholine rings is 1. The third kappa shape index (κ3) is 4.64. The minimum atomic E-state index is -3.23. The first-order valence-corrected chi connectivity index (χ1v) is 15.0. The fourth-order valence-electron chi connectivity index (χ4n) is 5.56. The molecule has 2 aliphatic rings. The third-order valence-electron chi connectivity index (χ3n) is 7.33. The quantitative estimate of drug-likeness (QED) is 0.399. The molecule has 8 nitrogen and oxygen atoms in total. The zero-order chi connectivity index (χ0) is 26.6. The highest BCUT2D eigenvalue weighted by Gasteiger charge is 2.29. The monoisotopic (exact) mass is 552 g/mol. The van der Waals surface area contributed by atoms with Crippen molar-refractivity contribution in [1.82, 2.24) is 14.5 Å². The molecule has 0 atom stereocenters. The van der Waals surface area contributed by atoms with Gasteiger partial charge < -0.3 is 19.2 Å². The molecule has 2 aromatic heterocycles. The molecule has 0 radical (unpaired) electrons. The second kappa shape index (κ2) is 9.57. The van der Waals surface area contributed by atoms with E-state index in [0.717, 1.165) is 52.2 Å². The largest absolute Gasteiger partial charge is 0.379 e. The number of anilines is 2. The van der Waals surface area contributed by atoms with Crippen molar-refractivity contribution in [2.24, 2.45) is 7.05 Å². The number of rotatable bonds is 5. The second-order valence-electron chi connectivity index (χ2n) is 10.2. The van der Waals surface area contributed by atoms with E-state index in [2.05, 4.69) is 14.8 Å². The predicted molar refractivity (Wildman–Crippen MR) is 151 cm³/mol. The smallest absolute Gasteiger partial charge is 0.274 e. The number of sulfone groups is 1. The maximum Gasteiger partial charge on any atom is 0.274 e. The van der Waals surface area contributed by atoms with Gasteiger partial charge in [-0.05, 0) is 42.0 Å². The summed E-state index contributed by atoms with van der Waals surface area (Å²) < 4.78 is 31.4. The van der Waals surface area contributed by atoms with Gasteiger partial charge in [-0.15, -0.1) is 0 Å². The standard InChI is InChI=1S/C28H29ClN4O4S/c1-31-14-22-21-13-18(17-38(2,35)36)3-8-25(21)33(20-6-4-19(29)5-7-20)15-23-24(16-32-9-11-37-12-10-32)30-27(26(22)23)28(31)34/h3-8,13-14,30H,9-12,15-17H2,1-2H3. The van der Waals surface area contributed by atoms with Crippen LogP contribution in [0.3, 0.4) is 0 Å². The molecule has 0 amide bonds. The Hall–Kier alpha value is -3.11. The van der Waals surface area contributed by atoms with Crippen LogP contribution in [0.25, 0.3) is 22.0 Å². The van der Waals surface area contributed by atoms with Crippen LogP contribution >= 0.6 is 11.6 Å². The Bertz CT molecular complexity index is 1700. The van der Waals surface area contributed by atoms with Gasteiger partial charge in [0.15, 0.2) is 9.84 Å². The first-order chi connectivity index (χ1) is 18.2. The van der Waals surface area contributed by atoms with Gasteiger partial charge in [-0.3, -0.25) is 9.69 Å². The van der Waals surface area contributed by atoms with E-state index in [1.807, 2.05) is 48.7 Å². The number of hydrogen-bond acceptors (Lipinski definition) is 6. The second-order valence-corrected chi connectivity index (χ2v) is 12.7. The fraction of sp³-hybridized carbons (Fsp3) is 0.321. The molecule has 1 fully saturated rings. The van der Waals surface area contributed by atoms with Gasteiger partial charge in [0.05, 0.1) is 25.5 Å². The van der Waals surface area contributed by atoms with Gasteiger partial charge in [0.1, 0.15) is 5.52 Å². The summed E-state index contributed by atoms with van der Waals surface area (Å²) in [7, 11) is -1.48. The number of hydrogen-bond donors (Lipinski definition) is 1. The van der Waals surface area contributed by atoms with Crippen LogP contribution in [0.2, 0.25) is 5.02 Å². The van der Waals surface area contributed by atoms with E-state index in [9.17, 15) is 13.2 Å². The van der Waals surface area contributed by atoms with Crippen molar-refractivity contribution in [3.63, 3.8) is 0 Å². The number of halogens is 1. The Morgan fingerprint density at radius 3 is 2.50 bits per heavy atom. The van der Waals surface area contributed by atoms with Crippen LogP contribution in [0, 0.1) is 0 Å². The topological polar surface area (TPSA) is 87.6 Å². The number of aryl methyl sites for hydroxylation is 1. The molecule has 4 aromatic rings. The highest BCUT2D eigenvalue weighted by molar-refractivity contribution is 7.89. The van der Waals surface area contributed by atoms with Crippen LogP contribution in [-0.4, -0.2) is 55.4 Å². The summed E-state index contributed by atoms with van der Waals surface area (Å²) in [4.78, 5) is 21.4. The molecule has 1 saturated heterocycles. The normalized spacial score (nSPS) is 16.0. The predicted octanol–water partition coefficient (Wildman–Crippen LogP) is 4.22. The molecule has 0 spiro atoms. The molecule has 10 heteroatoms. The lowest BCUT2D eigenvalue weighted by Crippen LogP contribution is -2.36. The highest BCUT2D eigenvalue weighted by atomic mass is 35.5. The number of ether oxygens (including phenoxy) is 1. The molecule has 38 heavy (non-hydrogen) atoms. The zero-order valence-corrected chi connectivity index (χ0v) is 22.9. The number of aromatic amines is 1. The number of fused-ring (bicyclic) bond motifs is 2. The van der Waals surface area contributed by atoms with Crippen molar-refractivity contribution in [1.29, 1.82) is 0 Å². The molecule has 2 aromatic carbocycles. The summed E-state index contributed by atoms with van der Waals surface area (Å²) in [6, 6.07) is 13.5.